The molecule has 4 fully saturated rings. The first kappa shape index (κ1) is 23.7. The summed E-state index contributed by atoms with van der Waals surface area (Å²) >= 11 is 0. The Hall–Kier alpha value is -2.04. The van der Waals surface area contributed by atoms with Crippen LogP contribution in [0, 0.1) is 34.5 Å². The van der Waals surface area contributed by atoms with Crippen molar-refractivity contribution in [3.8, 4) is 0 Å². The third kappa shape index (κ3) is 3.74. The Labute approximate surface area is 205 Å². The van der Waals surface area contributed by atoms with Crippen molar-refractivity contribution in [3.63, 3.8) is 0 Å². The number of nitrogens with zero attached hydrogens (tertiary/aromatic N) is 1. The van der Waals surface area contributed by atoms with Gasteiger partial charge in [-0.1, -0.05) is 51.1 Å². The van der Waals surface area contributed by atoms with Gasteiger partial charge >= 0.3 is 6.09 Å². The third-order valence-corrected chi connectivity index (χ3v) is 10.7. The molecule has 0 spiro atoms. The Bertz CT molecular complexity index is 919. The Kier molecular flexibility index (Phi) is 6.18. The van der Waals surface area contributed by atoms with Gasteiger partial charge in [0.2, 0.25) is 5.91 Å². The molecule has 0 aromatic heterocycles. The van der Waals surface area contributed by atoms with Crippen molar-refractivity contribution in [3.05, 3.63) is 35.9 Å². The number of nitrogens with one attached hydrogen (secondary N) is 1. The zero-order valence-corrected chi connectivity index (χ0v) is 21.4. The summed E-state index contributed by atoms with van der Waals surface area (Å²) in [5.74, 6) is 2.70. The number of hydrogen-bond donors (Lipinski definition) is 1. The highest BCUT2D eigenvalue weighted by Crippen LogP contribution is 2.66. The first-order chi connectivity index (χ1) is 16.3. The summed E-state index contributed by atoms with van der Waals surface area (Å²) in [6.45, 7) is 7.63. The van der Waals surface area contributed by atoms with E-state index in [1.165, 1.54) is 19.3 Å². The fourth-order valence-corrected chi connectivity index (χ4v) is 8.82. The Morgan fingerprint density at radius 3 is 2.59 bits per heavy atom. The lowest BCUT2D eigenvalue weighted by molar-refractivity contribution is -0.160. The lowest BCUT2D eigenvalue weighted by Crippen LogP contribution is -2.61. The van der Waals surface area contributed by atoms with E-state index >= 15 is 0 Å². The smallest absolute Gasteiger partial charge is 0.407 e. The monoisotopic (exact) mass is 466 g/mol. The zero-order chi connectivity index (χ0) is 24.1. The summed E-state index contributed by atoms with van der Waals surface area (Å²) in [4.78, 5) is 27.4. The van der Waals surface area contributed by atoms with E-state index in [1.54, 1.807) is 0 Å². The molecule has 1 aromatic carbocycles. The third-order valence-electron chi connectivity index (χ3n) is 10.7. The van der Waals surface area contributed by atoms with Crippen LogP contribution in [-0.4, -0.2) is 36.1 Å². The van der Waals surface area contributed by atoms with Crippen molar-refractivity contribution in [2.75, 3.05) is 7.05 Å². The minimum atomic E-state index is -0.278. The zero-order valence-electron chi connectivity index (χ0n) is 21.4. The normalized spacial score (nSPS) is 41.3. The molecule has 3 aliphatic carbocycles. The number of amides is 2. The quantitative estimate of drug-likeness (QED) is 0.612. The van der Waals surface area contributed by atoms with E-state index in [2.05, 4.69) is 31.0 Å². The summed E-state index contributed by atoms with van der Waals surface area (Å²) < 4.78 is 6.25. The van der Waals surface area contributed by atoms with Crippen LogP contribution < -0.4 is 5.32 Å². The first-order valence-corrected chi connectivity index (χ1v) is 13.5. The average Bonchev–Trinajstić information content (AvgIpc) is 3.12. The number of likely N-dealkylation sites (tertiary alicyclic amines) is 1. The number of fused-ring (bicyclic) bond motifs is 5. The fraction of sp³-hybridized carbons (Fsp3) is 0.724. The number of rotatable bonds is 4. The first-order valence-electron chi connectivity index (χ1n) is 13.5. The van der Waals surface area contributed by atoms with Crippen molar-refractivity contribution >= 4 is 12.0 Å². The van der Waals surface area contributed by atoms with Gasteiger partial charge in [0.1, 0.15) is 6.10 Å². The van der Waals surface area contributed by atoms with Crippen LogP contribution in [0.1, 0.15) is 77.7 Å². The van der Waals surface area contributed by atoms with E-state index in [1.807, 2.05) is 37.4 Å². The second-order valence-electron chi connectivity index (χ2n) is 12.1. The summed E-state index contributed by atoms with van der Waals surface area (Å²) in [7, 11) is 2.03. The second-order valence-corrected chi connectivity index (χ2v) is 12.1. The molecule has 0 radical (unpaired) electrons. The van der Waals surface area contributed by atoms with Gasteiger partial charge in [0.05, 0.1) is 0 Å². The van der Waals surface area contributed by atoms with Gasteiger partial charge in [0, 0.05) is 31.5 Å². The van der Waals surface area contributed by atoms with E-state index in [0.717, 1.165) is 31.2 Å². The maximum atomic E-state index is 12.9. The highest BCUT2D eigenvalue weighted by atomic mass is 16.6. The number of carbonyl (C=O) groups is 2. The molecule has 1 aliphatic heterocycles. The van der Waals surface area contributed by atoms with E-state index in [-0.39, 0.29) is 23.0 Å². The largest absolute Gasteiger partial charge is 0.445 e. The van der Waals surface area contributed by atoms with E-state index in [0.29, 0.717) is 48.6 Å². The highest BCUT2D eigenvalue weighted by molar-refractivity contribution is 5.77. The number of hydrogen-bond acceptors (Lipinski definition) is 3. The number of ether oxygens (including phenoxy) is 1. The molecule has 5 nitrogen and oxygen atoms in total. The van der Waals surface area contributed by atoms with Gasteiger partial charge in [-0.05, 0) is 79.6 Å². The molecule has 1 N–H and O–H groups in total. The van der Waals surface area contributed by atoms with Crippen LogP contribution in [0.2, 0.25) is 0 Å². The maximum absolute atomic E-state index is 12.9. The maximum Gasteiger partial charge on any atom is 0.407 e. The SMILES string of the molecule is CC[C@H]1C[C@H]2[C@@H]3CC[C@H]4N(C)C(=O)CC[C@]4(C)[C@H]3CC[C@]2(C)[C@H]1OC(=O)NCc1ccccc1. The predicted octanol–water partition coefficient (Wildman–Crippen LogP) is 5.78. The van der Waals surface area contributed by atoms with Crippen LogP contribution in [0.5, 0.6) is 0 Å². The van der Waals surface area contributed by atoms with Crippen LogP contribution in [-0.2, 0) is 16.1 Å². The minimum absolute atomic E-state index is 0.0136. The molecule has 0 unspecified atom stereocenters. The Morgan fingerprint density at radius 2 is 1.85 bits per heavy atom. The lowest BCUT2D eigenvalue weighted by Gasteiger charge is -2.61. The molecule has 1 saturated heterocycles. The molecule has 34 heavy (non-hydrogen) atoms. The van der Waals surface area contributed by atoms with Gasteiger partial charge in [0.15, 0.2) is 0 Å². The van der Waals surface area contributed by atoms with E-state index < -0.39 is 0 Å². The summed E-state index contributed by atoms with van der Waals surface area (Å²) in [6, 6.07) is 10.4. The second kappa shape index (κ2) is 8.87. The van der Waals surface area contributed by atoms with Gasteiger partial charge in [-0.25, -0.2) is 4.79 Å². The number of benzene rings is 1. The molecule has 8 atom stereocenters. The standard InChI is InChI=1S/C29H42N2O3/c1-5-20-17-23-21-11-12-24-28(2,16-14-25(32)31(24)4)22(21)13-15-29(23,3)26(20)34-27(33)30-18-19-9-7-6-8-10-19/h6-10,20-24,26H,5,11-18H2,1-4H3,(H,30,33)/t20-,21+,22-,23-,24+,26-,28+,29-/m0/s1. The molecule has 1 aromatic rings. The average molecular weight is 467 g/mol. The molecule has 5 rings (SSSR count). The summed E-state index contributed by atoms with van der Waals surface area (Å²) in [5, 5.41) is 2.99. The highest BCUT2D eigenvalue weighted by Gasteiger charge is 2.63. The van der Waals surface area contributed by atoms with Crippen LogP contribution in [0.4, 0.5) is 4.79 Å². The summed E-state index contributed by atoms with van der Waals surface area (Å²) in [5.41, 5.74) is 1.36. The van der Waals surface area contributed by atoms with Gasteiger partial charge in [-0.3, -0.25) is 4.79 Å². The molecule has 186 valence electrons. The van der Waals surface area contributed by atoms with Gasteiger partial charge in [-0.2, -0.15) is 0 Å². The van der Waals surface area contributed by atoms with Crippen molar-refractivity contribution in [1.82, 2.24) is 10.2 Å². The van der Waals surface area contributed by atoms with E-state index in [4.69, 9.17) is 4.74 Å². The fourth-order valence-electron chi connectivity index (χ4n) is 8.82. The number of piperidine rings is 1. The van der Waals surface area contributed by atoms with Crippen molar-refractivity contribution < 1.29 is 14.3 Å². The topological polar surface area (TPSA) is 58.6 Å². The van der Waals surface area contributed by atoms with Gasteiger partial charge in [0.25, 0.3) is 0 Å². The molecule has 3 saturated carbocycles. The Balaban J connectivity index is 1.32. The summed E-state index contributed by atoms with van der Waals surface area (Å²) in [6.07, 6.45) is 8.28. The molecule has 5 heteroatoms. The van der Waals surface area contributed by atoms with E-state index in [9.17, 15) is 9.59 Å². The minimum Gasteiger partial charge on any atom is -0.445 e. The van der Waals surface area contributed by atoms with Crippen LogP contribution >= 0.6 is 0 Å². The van der Waals surface area contributed by atoms with Crippen molar-refractivity contribution in [1.29, 1.82) is 0 Å². The number of carbonyl (C=O) groups excluding carboxylic acids is 2. The molecule has 4 aliphatic rings. The predicted molar refractivity (Wildman–Crippen MR) is 133 cm³/mol. The Morgan fingerprint density at radius 1 is 1.09 bits per heavy atom. The molecule has 2 amide bonds. The van der Waals surface area contributed by atoms with Crippen LogP contribution in [0.25, 0.3) is 0 Å². The molecular formula is C29H42N2O3. The molecule has 1 heterocycles. The molecular weight excluding hydrogens is 424 g/mol. The lowest BCUT2D eigenvalue weighted by atomic mass is 9.47. The molecule has 0 bridgehead atoms. The van der Waals surface area contributed by atoms with Crippen LogP contribution in [0.15, 0.2) is 30.3 Å². The van der Waals surface area contributed by atoms with Crippen molar-refractivity contribution in [2.45, 2.75) is 90.8 Å². The van der Waals surface area contributed by atoms with Crippen LogP contribution in [0.3, 0.4) is 0 Å². The number of alkyl carbamates (subject to hydrolysis) is 1. The van der Waals surface area contributed by atoms with Gasteiger partial charge in [-0.15, -0.1) is 0 Å². The van der Waals surface area contributed by atoms with Crippen molar-refractivity contribution in [2.24, 2.45) is 34.5 Å². The van der Waals surface area contributed by atoms with Gasteiger partial charge < -0.3 is 15.0 Å².